The van der Waals surface area contributed by atoms with Gasteiger partial charge in [-0.3, -0.25) is 4.79 Å². The summed E-state index contributed by atoms with van der Waals surface area (Å²) in [6.45, 7) is 2.62. The predicted molar refractivity (Wildman–Crippen MR) is 82.7 cm³/mol. The molecule has 0 aromatic heterocycles. The van der Waals surface area contributed by atoms with Gasteiger partial charge in [-0.2, -0.15) is 0 Å². The van der Waals surface area contributed by atoms with Crippen LogP contribution in [0.5, 0.6) is 0 Å². The molecule has 0 aliphatic rings. The van der Waals surface area contributed by atoms with Gasteiger partial charge in [-0.1, -0.05) is 36.4 Å². The summed E-state index contributed by atoms with van der Waals surface area (Å²) in [5.41, 5.74) is 9.25. The fourth-order valence-electron chi connectivity index (χ4n) is 2.12. The molecule has 2 aromatic carbocycles. The molecule has 3 heteroatoms. The summed E-state index contributed by atoms with van der Waals surface area (Å²) >= 11 is 0. The minimum Gasteiger partial charge on any atom is -0.399 e. The average Bonchev–Trinajstić information content (AvgIpc) is 2.47. The number of anilines is 1. The van der Waals surface area contributed by atoms with Crippen molar-refractivity contribution < 1.29 is 4.79 Å². The van der Waals surface area contributed by atoms with Gasteiger partial charge in [0.2, 0.25) is 0 Å². The second-order valence-electron chi connectivity index (χ2n) is 5.04. The van der Waals surface area contributed by atoms with Crippen molar-refractivity contribution in [2.24, 2.45) is 0 Å². The maximum Gasteiger partial charge on any atom is 0.253 e. The van der Waals surface area contributed by atoms with Gasteiger partial charge in [-0.05, 0) is 36.6 Å². The largest absolute Gasteiger partial charge is 0.399 e. The molecule has 2 rings (SSSR count). The van der Waals surface area contributed by atoms with Gasteiger partial charge < -0.3 is 10.6 Å². The van der Waals surface area contributed by atoms with Gasteiger partial charge in [0.05, 0.1) is 0 Å². The van der Waals surface area contributed by atoms with Crippen molar-refractivity contribution in [1.82, 2.24) is 4.90 Å². The van der Waals surface area contributed by atoms with Crippen molar-refractivity contribution in [2.75, 3.05) is 19.3 Å². The van der Waals surface area contributed by atoms with Crippen LogP contribution in [0, 0.1) is 6.92 Å². The second-order valence-corrected chi connectivity index (χ2v) is 5.04. The van der Waals surface area contributed by atoms with E-state index < -0.39 is 0 Å². The van der Waals surface area contributed by atoms with E-state index in [0.717, 1.165) is 12.0 Å². The van der Waals surface area contributed by atoms with Crippen LogP contribution in [-0.4, -0.2) is 24.4 Å². The van der Waals surface area contributed by atoms with E-state index in [2.05, 4.69) is 12.1 Å². The van der Waals surface area contributed by atoms with E-state index in [1.165, 1.54) is 5.56 Å². The number of benzene rings is 2. The molecule has 0 bridgehead atoms. The number of nitrogen functional groups attached to an aromatic ring is 1. The van der Waals surface area contributed by atoms with Crippen molar-refractivity contribution >= 4 is 11.6 Å². The Kier molecular flexibility index (Phi) is 4.41. The van der Waals surface area contributed by atoms with E-state index in [1.807, 2.05) is 44.3 Å². The molecule has 3 nitrogen and oxygen atoms in total. The number of hydrogen-bond donors (Lipinski definition) is 1. The van der Waals surface area contributed by atoms with Crippen molar-refractivity contribution in [3.8, 4) is 0 Å². The molecule has 0 radical (unpaired) electrons. The van der Waals surface area contributed by atoms with Gasteiger partial charge in [0, 0.05) is 24.8 Å². The minimum atomic E-state index is 0.0192. The highest BCUT2D eigenvalue weighted by Gasteiger charge is 2.14. The van der Waals surface area contributed by atoms with Crippen LogP contribution in [0.4, 0.5) is 5.69 Å². The highest BCUT2D eigenvalue weighted by atomic mass is 16.2. The van der Waals surface area contributed by atoms with Crippen molar-refractivity contribution in [3.05, 3.63) is 65.2 Å². The zero-order valence-electron chi connectivity index (χ0n) is 12.0. The first kappa shape index (κ1) is 14.1. The van der Waals surface area contributed by atoms with E-state index in [4.69, 9.17) is 5.73 Å². The molecule has 0 heterocycles. The molecule has 104 valence electrons. The molecular weight excluding hydrogens is 248 g/mol. The molecule has 0 saturated carbocycles. The third-order valence-corrected chi connectivity index (χ3v) is 3.42. The highest BCUT2D eigenvalue weighted by molar-refractivity contribution is 5.96. The summed E-state index contributed by atoms with van der Waals surface area (Å²) in [7, 11) is 1.83. The molecule has 2 N–H and O–H groups in total. The Morgan fingerprint density at radius 3 is 2.55 bits per heavy atom. The third-order valence-electron chi connectivity index (χ3n) is 3.42. The first-order valence-corrected chi connectivity index (χ1v) is 6.73. The van der Waals surface area contributed by atoms with Gasteiger partial charge >= 0.3 is 0 Å². The van der Waals surface area contributed by atoms with Crippen LogP contribution in [0.25, 0.3) is 0 Å². The minimum absolute atomic E-state index is 0.0192. The monoisotopic (exact) mass is 268 g/mol. The Morgan fingerprint density at radius 2 is 1.85 bits per heavy atom. The number of carbonyl (C=O) groups is 1. The summed E-state index contributed by atoms with van der Waals surface area (Å²) in [4.78, 5) is 14.2. The maximum absolute atomic E-state index is 12.4. The van der Waals surface area contributed by atoms with Crippen molar-refractivity contribution in [2.45, 2.75) is 13.3 Å². The molecule has 0 unspecified atom stereocenters. The lowest BCUT2D eigenvalue weighted by atomic mass is 10.1. The predicted octanol–water partition coefficient (Wildman–Crippen LogP) is 2.89. The number of aryl methyl sites for hydroxylation is 1. The van der Waals surface area contributed by atoms with Crippen LogP contribution in [0.2, 0.25) is 0 Å². The molecule has 1 amide bonds. The number of likely N-dealkylation sites (N-methyl/N-ethyl adjacent to an activating group) is 1. The first-order valence-electron chi connectivity index (χ1n) is 6.73. The van der Waals surface area contributed by atoms with Crippen LogP contribution in [0.1, 0.15) is 21.5 Å². The number of rotatable bonds is 4. The molecule has 2 aromatic rings. The molecule has 0 spiro atoms. The topological polar surface area (TPSA) is 46.3 Å². The van der Waals surface area contributed by atoms with Crippen molar-refractivity contribution in [3.63, 3.8) is 0 Å². The van der Waals surface area contributed by atoms with E-state index in [0.29, 0.717) is 17.8 Å². The van der Waals surface area contributed by atoms with Crippen LogP contribution in [0.15, 0.2) is 48.5 Å². The van der Waals surface area contributed by atoms with Gasteiger partial charge in [-0.25, -0.2) is 0 Å². The smallest absolute Gasteiger partial charge is 0.253 e. The van der Waals surface area contributed by atoms with Gasteiger partial charge in [0.25, 0.3) is 5.91 Å². The molecule has 0 atom stereocenters. The number of nitrogens with two attached hydrogens (primary N) is 1. The Morgan fingerprint density at radius 1 is 1.15 bits per heavy atom. The number of hydrogen-bond acceptors (Lipinski definition) is 2. The maximum atomic E-state index is 12.4. The van der Waals surface area contributed by atoms with Crippen LogP contribution in [0.3, 0.4) is 0 Å². The Hall–Kier alpha value is -2.29. The fourth-order valence-corrected chi connectivity index (χ4v) is 2.12. The second kappa shape index (κ2) is 6.24. The number of carbonyl (C=O) groups excluding carboxylic acids is 1. The zero-order chi connectivity index (χ0) is 14.5. The third kappa shape index (κ3) is 3.38. The summed E-state index contributed by atoms with van der Waals surface area (Å²) in [6, 6.07) is 15.6. The first-order chi connectivity index (χ1) is 9.58. The summed E-state index contributed by atoms with van der Waals surface area (Å²) in [5, 5.41) is 0. The van der Waals surface area contributed by atoms with Gasteiger partial charge in [0.15, 0.2) is 0 Å². The van der Waals surface area contributed by atoms with Gasteiger partial charge in [-0.15, -0.1) is 0 Å². The SMILES string of the molecule is Cc1ccc(N)cc1C(=O)N(C)CCc1ccccc1. The molecule has 0 aliphatic heterocycles. The quantitative estimate of drug-likeness (QED) is 0.867. The number of amides is 1. The fraction of sp³-hybridized carbons (Fsp3) is 0.235. The van der Waals surface area contributed by atoms with E-state index in [9.17, 15) is 4.79 Å². The van der Waals surface area contributed by atoms with Crippen LogP contribution in [-0.2, 0) is 6.42 Å². The molecule has 0 fully saturated rings. The summed E-state index contributed by atoms with van der Waals surface area (Å²) in [6.07, 6.45) is 0.852. The summed E-state index contributed by atoms with van der Waals surface area (Å²) in [5.74, 6) is 0.0192. The van der Waals surface area contributed by atoms with Crippen LogP contribution < -0.4 is 5.73 Å². The Bertz CT molecular complexity index is 593. The Balaban J connectivity index is 2.03. The van der Waals surface area contributed by atoms with E-state index in [-0.39, 0.29) is 5.91 Å². The lowest BCUT2D eigenvalue weighted by Crippen LogP contribution is -2.29. The standard InChI is InChI=1S/C17H20N2O/c1-13-8-9-15(18)12-16(13)17(20)19(2)11-10-14-6-4-3-5-7-14/h3-9,12H,10-11,18H2,1-2H3. The van der Waals surface area contributed by atoms with Gasteiger partial charge in [0.1, 0.15) is 0 Å². The van der Waals surface area contributed by atoms with Crippen molar-refractivity contribution in [1.29, 1.82) is 0 Å². The molecule has 0 aliphatic carbocycles. The zero-order valence-corrected chi connectivity index (χ0v) is 12.0. The summed E-state index contributed by atoms with van der Waals surface area (Å²) < 4.78 is 0. The van der Waals surface area contributed by atoms with E-state index in [1.54, 1.807) is 11.0 Å². The van der Waals surface area contributed by atoms with Crippen LogP contribution >= 0.6 is 0 Å². The average molecular weight is 268 g/mol. The highest BCUT2D eigenvalue weighted by Crippen LogP contribution is 2.15. The lowest BCUT2D eigenvalue weighted by Gasteiger charge is -2.18. The van der Waals surface area contributed by atoms with E-state index >= 15 is 0 Å². The molecule has 20 heavy (non-hydrogen) atoms. The normalized spacial score (nSPS) is 10.3. The molecule has 0 saturated heterocycles. The molecular formula is C17H20N2O. The Labute approximate surface area is 120 Å². The number of nitrogens with zero attached hydrogens (tertiary/aromatic N) is 1. The lowest BCUT2D eigenvalue weighted by molar-refractivity contribution is 0.0796.